The lowest BCUT2D eigenvalue weighted by Gasteiger charge is -2.29. The molecule has 3 heterocycles. The number of primary amides is 1. The van der Waals surface area contributed by atoms with Gasteiger partial charge in [0.05, 0.1) is 28.2 Å². The Kier molecular flexibility index (Phi) is 5.11. The highest BCUT2D eigenvalue weighted by Crippen LogP contribution is 2.42. The van der Waals surface area contributed by atoms with Gasteiger partial charge in [0.25, 0.3) is 0 Å². The Bertz CT molecular complexity index is 786. The number of thioether (sulfide) groups is 2. The van der Waals surface area contributed by atoms with Crippen molar-refractivity contribution in [3.8, 4) is 0 Å². The summed E-state index contributed by atoms with van der Waals surface area (Å²) in [5.41, 5.74) is 7.29. The van der Waals surface area contributed by atoms with Crippen molar-refractivity contribution in [3.63, 3.8) is 0 Å². The first-order chi connectivity index (χ1) is 11.2. The third kappa shape index (κ3) is 3.87. The molecule has 5 nitrogen and oxygen atoms in total. The molecule has 0 unspecified atom stereocenters. The van der Waals surface area contributed by atoms with E-state index in [1.54, 1.807) is 23.1 Å². The second-order valence-electron chi connectivity index (χ2n) is 6.64. The van der Waals surface area contributed by atoms with E-state index < -0.39 is 0 Å². The zero-order chi connectivity index (χ0) is 17.5. The number of ether oxygens (including phenoxy) is 1. The minimum Gasteiger partial charge on any atom is -0.370 e. The number of hydrogen-bond acceptors (Lipinski definition) is 7. The van der Waals surface area contributed by atoms with Crippen LogP contribution in [-0.2, 0) is 22.6 Å². The molecule has 0 radical (unpaired) electrons. The summed E-state index contributed by atoms with van der Waals surface area (Å²) in [5.74, 6) is -0.113. The van der Waals surface area contributed by atoms with Crippen LogP contribution in [0.2, 0.25) is 0 Å². The van der Waals surface area contributed by atoms with Crippen LogP contribution in [-0.4, -0.2) is 32.5 Å². The Labute approximate surface area is 154 Å². The Balaban J connectivity index is 2.09. The Morgan fingerprint density at radius 1 is 1.42 bits per heavy atom. The molecule has 2 aromatic rings. The maximum atomic E-state index is 11.2. The summed E-state index contributed by atoms with van der Waals surface area (Å²) < 4.78 is 7.02. The number of nitrogens with two attached hydrogens (primary N) is 1. The van der Waals surface area contributed by atoms with Crippen molar-refractivity contribution in [2.45, 2.75) is 61.8 Å². The molecule has 0 saturated carbocycles. The monoisotopic (exact) mass is 383 g/mol. The topological polar surface area (TPSA) is 78.1 Å². The molecule has 0 atom stereocenters. The third-order valence-corrected chi connectivity index (χ3v) is 6.77. The number of hydrogen-bond donors (Lipinski definition) is 1. The van der Waals surface area contributed by atoms with E-state index in [4.69, 9.17) is 15.5 Å². The van der Waals surface area contributed by atoms with Crippen molar-refractivity contribution in [3.05, 3.63) is 10.4 Å². The molecule has 0 fully saturated rings. The highest BCUT2D eigenvalue weighted by Gasteiger charge is 2.30. The van der Waals surface area contributed by atoms with Gasteiger partial charge in [0.1, 0.15) is 5.03 Å². The molecule has 130 valence electrons. The summed E-state index contributed by atoms with van der Waals surface area (Å²) >= 11 is 4.74. The second-order valence-corrected chi connectivity index (χ2v) is 10.3. The normalized spacial score (nSPS) is 16.5. The highest BCUT2D eigenvalue weighted by molar-refractivity contribution is 8.00. The van der Waals surface area contributed by atoms with Crippen LogP contribution in [0.4, 0.5) is 0 Å². The average molecular weight is 384 g/mol. The van der Waals surface area contributed by atoms with Crippen LogP contribution in [0.15, 0.2) is 10.2 Å². The first-order valence-electron chi connectivity index (χ1n) is 7.79. The molecule has 0 aliphatic carbocycles. The zero-order valence-electron chi connectivity index (χ0n) is 14.2. The first kappa shape index (κ1) is 18.0. The van der Waals surface area contributed by atoms with Gasteiger partial charge in [-0.3, -0.25) is 4.79 Å². The average Bonchev–Trinajstić information content (AvgIpc) is 2.80. The van der Waals surface area contributed by atoms with Crippen molar-refractivity contribution in [2.24, 2.45) is 5.73 Å². The fraction of sp³-hybridized carbons (Fsp3) is 0.562. The molecule has 1 amide bonds. The number of carbonyl (C=O) groups excluding carboxylic acids is 1. The summed E-state index contributed by atoms with van der Waals surface area (Å²) in [7, 11) is 0. The number of nitrogens with zero attached hydrogens (tertiary/aromatic N) is 2. The van der Waals surface area contributed by atoms with Crippen molar-refractivity contribution in [1.82, 2.24) is 9.97 Å². The molecular formula is C16H21N3O2S3. The molecule has 24 heavy (non-hydrogen) atoms. The van der Waals surface area contributed by atoms with Gasteiger partial charge < -0.3 is 10.5 Å². The smallest absolute Gasteiger partial charge is 0.227 e. The number of rotatable bonds is 5. The van der Waals surface area contributed by atoms with Gasteiger partial charge in [-0.05, 0) is 13.8 Å². The number of thiophene rings is 1. The van der Waals surface area contributed by atoms with Crippen LogP contribution in [0.25, 0.3) is 10.2 Å². The first-order valence-corrected chi connectivity index (χ1v) is 10.5. The predicted molar refractivity (Wildman–Crippen MR) is 101 cm³/mol. The maximum Gasteiger partial charge on any atom is 0.227 e. The van der Waals surface area contributed by atoms with Gasteiger partial charge in [-0.25, -0.2) is 9.97 Å². The summed E-state index contributed by atoms with van der Waals surface area (Å²) in [4.78, 5) is 21.9. The number of fused-ring (bicyclic) bond motifs is 3. The lowest BCUT2D eigenvalue weighted by Crippen LogP contribution is -2.30. The van der Waals surface area contributed by atoms with E-state index in [-0.39, 0.29) is 17.3 Å². The highest BCUT2D eigenvalue weighted by atomic mass is 32.2. The van der Waals surface area contributed by atoms with Crippen LogP contribution in [0.3, 0.4) is 0 Å². The Morgan fingerprint density at radius 3 is 2.83 bits per heavy atom. The van der Waals surface area contributed by atoms with Crippen LogP contribution >= 0.6 is 34.9 Å². The molecule has 1 aliphatic rings. The second kappa shape index (κ2) is 6.82. The van der Waals surface area contributed by atoms with Gasteiger partial charge >= 0.3 is 0 Å². The van der Waals surface area contributed by atoms with Crippen molar-refractivity contribution >= 4 is 51.0 Å². The molecule has 2 aromatic heterocycles. The van der Waals surface area contributed by atoms with E-state index in [1.807, 2.05) is 0 Å². The van der Waals surface area contributed by atoms with Crippen LogP contribution < -0.4 is 5.73 Å². The number of carbonyl (C=O) groups is 1. The van der Waals surface area contributed by atoms with Crippen molar-refractivity contribution < 1.29 is 9.53 Å². The molecule has 0 aromatic carbocycles. The van der Waals surface area contributed by atoms with Crippen LogP contribution in [0.1, 0.15) is 38.1 Å². The van der Waals surface area contributed by atoms with Crippen LogP contribution in [0.5, 0.6) is 0 Å². The van der Waals surface area contributed by atoms with Crippen molar-refractivity contribution in [2.75, 3.05) is 5.75 Å². The third-order valence-electron chi connectivity index (χ3n) is 3.55. The lowest BCUT2D eigenvalue weighted by atomic mass is 9.98. The van der Waals surface area contributed by atoms with Gasteiger partial charge in [0, 0.05) is 22.1 Å². The molecule has 0 bridgehead atoms. The molecule has 8 heteroatoms. The van der Waals surface area contributed by atoms with E-state index >= 15 is 0 Å². The standard InChI is InChI=1S/C16H21N3O2S3/c1-8(2)23-15-18-12-9-6-21-16(3,4)5-10(9)24-13(12)14(19-15)22-7-11(17)20/h8H,5-7H2,1-4H3,(H2,17,20). The Hall–Kier alpha value is -0.830. The van der Waals surface area contributed by atoms with E-state index in [0.29, 0.717) is 11.9 Å². The summed E-state index contributed by atoms with van der Waals surface area (Å²) in [5, 5.41) is 1.98. The molecule has 0 saturated heterocycles. The van der Waals surface area contributed by atoms with E-state index in [2.05, 4.69) is 32.7 Å². The minimum absolute atomic E-state index is 0.155. The maximum absolute atomic E-state index is 11.2. The van der Waals surface area contributed by atoms with Gasteiger partial charge in [0.15, 0.2) is 5.16 Å². The fourth-order valence-electron chi connectivity index (χ4n) is 2.52. The molecular weight excluding hydrogens is 362 g/mol. The van der Waals surface area contributed by atoms with E-state index in [9.17, 15) is 4.79 Å². The van der Waals surface area contributed by atoms with Crippen LogP contribution in [0, 0.1) is 0 Å². The largest absolute Gasteiger partial charge is 0.370 e. The summed E-state index contributed by atoms with van der Waals surface area (Å²) in [6.07, 6.45) is 0.871. The van der Waals surface area contributed by atoms with Gasteiger partial charge in [-0.1, -0.05) is 37.4 Å². The fourth-order valence-corrected chi connectivity index (χ4v) is 5.59. The van der Waals surface area contributed by atoms with E-state index in [1.165, 1.54) is 22.2 Å². The van der Waals surface area contributed by atoms with Crippen molar-refractivity contribution in [1.29, 1.82) is 0 Å². The number of amides is 1. The zero-order valence-corrected chi connectivity index (χ0v) is 16.7. The predicted octanol–water partition coefficient (Wildman–Crippen LogP) is 3.62. The van der Waals surface area contributed by atoms with Gasteiger partial charge in [0.2, 0.25) is 5.91 Å². The minimum atomic E-state index is -0.337. The molecule has 1 aliphatic heterocycles. The van der Waals surface area contributed by atoms with E-state index in [0.717, 1.165) is 26.8 Å². The summed E-state index contributed by atoms with van der Waals surface area (Å²) in [6, 6.07) is 0. The summed E-state index contributed by atoms with van der Waals surface area (Å²) in [6.45, 7) is 9.01. The lowest BCUT2D eigenvalue weighted by molar-refractivity contribution is -0.115. The quantitative estimate of drug-likeness (QED) is 0.483. The SMILES string of the molecule is CC(C)Sc1nc(SCC(N)=O)c2sc3c(c2n1)COC(C)(C)C3. The van der Waals surface area contributed by atoms with Gasteiger partial charge in [-0.15, -0.1) is 11.3 Å². The number of aromatic nitrogens is 2. The molecule has 3 rings (SSSR count). The Morgan fingerprint density at radius 2 is 2.17 bits per heavy atom. The molecule has 0 spiro atoms. The molecule has 2 N–H and O–H groups in total. The van der Waals surface area contributed by atoms with Gasteiger partial charge in [-0.2, -0.15) is 0 Å².